The molecule has 0 fully saturated rings. The minimum Gasteiger partial charge on any atom is -0.338 e. The Hall–Kier alpha value is -2.88. The second kappa shape index (κ2) is 4.35. The summed E-state index contributed by atoms with van der Waals surface area (Å²) in [6.45, 7) is 0. The molecule has 20 heavy (non-hydrogen) atoms. The van der Waals surface area contributed by atoms with Gasteiger partial charge in [0.15, 0.2) is 0 Å². The molecule has 4 rings (SSSR count). The normalized spacial score (nSPS) is 11.0. The zero-order chi connectivity index (χ0) is 13.4. The van der Waals surface area contributed by atoms with Crippen molar-refractivity contribution in [1.29, 1.82) is 0 Å². The van der Waals surface area contributed by atoms with Crippen LogP contribution in [0.15, 0.2) is 60.8 Å². The van der Waals surface area contributed by atoms with Gasteiger partial charge in [0.05, 0.1) is 16.7 Å². The van der Waals surface area contributed by atoms with Crippen LogP contribution in [0.1, 0.15) is 0 Å². The number of para-hydroxylation sites is 2. The second-order valence-corrected chi connectivity index (χ2v) is 4.65. The van der Waals surface area contributed by atoms with Crippen molar-refractivity contribution in [2.45, 2.75) is 0 Å². The number of benzene rings is 2. The zero-order valence-corrected chi connectivity index (χ0v) is 10.7. The maximum Gasteiger partial charge on any atom is 0.138 e. The first-order valence-electron chi connectivity index (χ1n) is 6.45. The van der Waals surface area contributed by atoms with E-state index in [-0.39, 0.29) is 0 Å². The fourth-order valence-electron chi connectivity index (χ4n) is 2.34. The van der Waals surface area contributed by atoms with E-state index in [1.807, 2.05) is 36.4 Å². The van der Waals surface area contributed by atoms with Crippen molar-refractivity contribution >= 4 is 11.0 Å². The average molecular weight is 260 g/mol. The predicted octanol–water partition coefficient (Wildman–Crippen LogP) is 3.62. The molecule has 4 nitrogen and oxygen atoms in total. The van der Waals surface area contributed by atoms with Gasteiger partial charge < -0.3 is 4.98 Å². The van der Waals surface area contributed by atoms with Gasteiger partial charge in [0.1, 0.15) is 5.82 Å². The van der Waals surface area contributed by atoms with Gasteiger partial charge in [-0.3, -0.25) is 5.10 Å². The van der Waals surface area contributed by atoms with E-state index < -0.39 is 0 Å². The third-order valence-corrected chi connectivity index (χ3v) is 3.34. The third-order valence-electron chi connectivity index (χ3n) is 3.34. The maximum atomic E-state index is 4.62. The zero-order valence-electron chi connectivity index (χ0n) is 10.7. The molecule has 2 aromatic heterocycles. The van der Waals surface area contributed by atoms with E-state index in [0.29, 0.717) is 0 Å². The minimum absolute atomic E-state index is 0.882. The molecule has 2 heterocycles. The molecule has 0 spiro atoms. The van der Waals surface area contributed by atoms with Crippen LogP contribution in [-0.2, 0) is 0 Å². The molecule has 0 bridgehead atoms. The summed E-state index contributed by atoms with van der Waals surface area (Å²) in [4.78, 5) is 7.97. The van der Waals surface area contributed by atoms with Gasteiger partial charge >= 0.3 is 0 Å². The van der Waals surface area contributed by atoms with Crippen molar-refractivity contribution in [3.05, 3.63) is 60.8 Å². The van der Waals surface area contributed by atoms with E-state index in [1.165, 1.54) is 0 Å². The van der Waals surface area contributed by atoms with Crippen LogP contribution < -0.4 is 0 Å². The molecule has 0 radical (unpaired) electrons. The van der Waals surface area contributed by atoms with Gasteiger partial charge in [-0.2, -0.15) is 5.10 Å². The summed E-state index contributed by atoms with van der Waals surface area (Å²) in [5.74, 6) is 0.882. The molecule has 0 saturated carbocycles. The molecular weight excluding hydrogens is 248 g/mol. The average Bonchev–Trinajstić information content (AvgIpc) is 3.16. The number of nitrogens with zero attached hydrogens (tertiary/aromatic N) is 2. The van der Waals surface area contributed by atoms with Crippen LogP contribution >= 0.6 is 0 Å². The van der Waals surface area contributed by atoms with Crippen molar-refractivity contribution < 1.29 is 0 Å². The molecule has 0 amide bonds. The molecule has 0 saturated heterocycles. The van der Waals surface area contributed by atoms with Gasteiger partial charge in [-0.25, -0.2) is 4.98 Å². The molecule has 96 valence electrons. The van der Waals surface area contributed by atoms with Crippen LogP contribution in [0, 0.1) is 0 Å². The number of rotatable bonds is 2. The van der Waals surface area contributed by atoms with Gasteiger partial charge in [0, 0.05) is 17.3 Å². The number of imidazole rings is 1. The summed E-state index contributed by atoms with van der Waals surface area (Å²) in [6.07, 6.45) is 1.75. The van der Waals surface area contributed by atoms with E-state index in [1.54, 1.807) is 6.20 Å². The Morgan fingerprint density at radius 2 is 1.75 bits per heavy atom. The van der Waals surface area contributed by atoms with E-state index >= 15 is 0 Å². The first-order valence-corrected chi connectivity index (χ1v) is 6.45. The van der Waals surface area contributed by atoms with Crippen molar-refractivity contribution in [3.63, 3.8) is 0 Å². The summed E-state index contributed by atoms with van der Waals surface area (Å²) < 4.78 is 0. The lowest BCUT2D eigenvalue weighted by Crippen LogP contribution is -1.83. The van der Waals surface area contributed by atoms with E-state index in [2.05, 4.69) is 38.4 Å². The number of hydrogen-bond acceptors (Lipinski definition) is 2. The molecule has 0 aliphatic heterocycles. The van der Waals surface area contributed by atoms with Crippen LogP contribution in [0.2, 0.25) is 0 Å². The van der Waals surface area contributed by atoms with Gasteiger partial charge in [-0.1, -0.05) is 30.3 Å². The van der Waals surface area contributed by atoms with E-state index in [4.69, 9.17) is 0 Å². The van der Waals surface area contributed by atoms with Crippen molar-refractivity contribution in [2.24, 2.45) is 0 Å². The fraction of sp³-hybridized carbons (Fsp3) is 0. The Bertz CT molecular complexity index is 826. The largest absolute Gasteiger partial charge is 0.338 e. The van der Waals surface area contributed by atoms with E-state index in [0.717, 1.165) is 33.7 Å². The van der Waals surface area contributed by atoms with Crippen molar-refractivity contribution in [1.82, 2.24) is 20.2 Å². The number of aromatic nitrogens is 4. The lowest BCUT2D eigenvalue weighted by molar-refractivity contribution is 1.10. The highest BCUT2D eigenvalue weighted by Crippen LogP contribution is 2.25. The highest BCUT2D eigenvalue weighted by Gasteiger charge is 2.06. The number of H-pyrrole nitrogens is 2. The highest BCUT2D eigenvalue weighted by atomic mass is 15.1. The standard InChI is InChI=1S/C16H12N4/c1-2-7-15-14(6-1)18-16(19-15)12-5-3-4-11(10-12)13-8-9-17-20-13/h1-10H,(H,17,20)(H,18,19). The summed E-state index contributed by atoms with van der Waals surface area (Å²) >= 11 is 0. The Morgan fingerprint density at radius 3 is 2.60 bits per heavy atom. The molecule has 0 aliphatic rings. The molecule has 4 heteroatoms. The lowest BCUT2D eigenvalue weighted by atomic mass is 10.1. The summed E-state index contributed by atoms with van der Waals surface area (Å²) in [5, 5.41) is 6.97. The van der Waals surface area contributed by atoms with Gasteiger partial charge in [0.25, 0.3) is 0 Å². The fourth-order valence-corrected chi connectivity index (χ4v) is 2.34. The molecule has 2 N–H and O–H groups in total. The number of nitrogens with one attached hydrogen (secondary N) is 2. The monoisotopic (exact) mass is 260 g/mol. The first kappa shape index (κ1) is 11.0. The van der Waals surface area contributed by atoms with Crippen molar-refractivity contribution in [3.8, 4) is 22.6 Å². The van der Waals surface area contributed by atoms with Crippen LogP contribution in [0.5, 0.6) is 0 Å². The van der Waals surface area contributed by atoms with Gasteiger partial charge in [0.2, 0.25) is 0 Å². The Morgan fingerprint density at radius 1 is 0.850 bits per heavy atom. The quantitative estimate of drug-likeness (QED) is 0.578. The minimum atomic E-state index is 0.882. The molecule has 0 atom stereocenters. The van der Waals surface area contributed by atoms with Crippen LogP contribution in [-0.4, -0.2) is 20.2 Å². The number of fused-ring (bicyclic) bond motifs is 1. The molecule has 0 unspecified atom stereocenters. The summed E-state index contributed by atoms with van der Waals surface area (Å²) in [6, 6.07) is 18.2. The van der Waals surface area contributed by atoms with Gasteiger partial charge in [-0.15, -0.1) is 0 Å². The number of aromatic amines is 2. The van der Waals surface area contributed by atoms with Gasteiger partial charge in [-0.05, 0) is 24.3 Å². The highest BCUT2D eigenvalue weighted by molar-refractivity contribution is 5.80. The summed E-state index contributed by atoms with van der Waals surface area (Å²) in [7, 11) is 0. The smallest absolute Gasteiger partial charge is 0.138 e. The molecule has 2 aromatic carbocycles. The Balaban J connectivity index is 1.84. The Labute approximate surface area is 115 Å². The lowest BCUT2D eigenvalue weighted by Gasteiger charge is -2.01. The first-order chi connectivity index (χ1) is 9.90. The van der Waals surface area contributed by atoms with E-state index in [9.17, 15) is 0 Å². The third kappa shape index (κ3) is 1.78. The SMILES string of the molecule is c1cc(-c2ccn[nH]2)cc(-c2nc3ccccc3[nH]2)c1. The topological polar surface area (TPSA) is 57.4 Å². The second-order valence-electron chi connectivity index (χ2n) is 4.65. The van der Waals surface area contributed by atoms with Crippen molar-refractivity contribution in [2.75, 3.05) is 0 Å². The molecule has 0 aliphatic carbocycles. The van der Waals surface area contributed by atoms with Crippen LogP contribution in [0.4, 0.5) is 0 Å². The maximum absolute atomic E-state index is 4.62. The Kier molecular flexibility index (Phi) is 2.39. The molecular formula is C16H12N4. The predicted molar refractivity (Wildman–Crippen MR) is 79.1 cm³/mol. The summed E-state index contributed by atoms with van der Waals surface area (Å²) in [5.41, 5.74) is 5.20. The van der Waals surface area contributed by atoms with Crippen LogP contribution in [0.25, 0.3) is 33.7 Å². The number of hydrogen-bond donors (Lipinski definition) is 2. The molecule has 4 aromatic rings. The van der Waals surface area contributed by atoms with Crippen LogP contribution in [0.3, 0.4) is 0 Å².